The summed E-state index contributed by atoms with van der Waals surface area (Å²) in [6.07, 6.45) is 2.29. The summed E-state index contributed by atoms with van der Waals surface area (Å²) in [5, 5.41) is 3.30. The van der Waals surface area contributed by atoms with Crippen molar-refractivity contribution in [3.8, 4) is 11.5 Å². The van der Waals surface area contributed by atoms with E-state index in [1.807, 2.05) is 0 Å². The molecule has 1 aliphatic carbocycles. The van der Waals surface area contributed by atoms with Crippen LogP contribution >= 0.6 is 15.9 Å². The van der Waals surface area contributed by atoms with Gasteiger partial charge in [0.15, 0.2) is 23.1 Å². The number of ether oxygens (including phenoxy) is 1. The molecule has 110 valence electrons. The third-order valence-electron chi connectivity index (χ3n) is 3.31. The van der Waals surface area contributed by atoms with Crippen molar-refractivity contribution in [1.29, 1.82) is 0 Å². The van der Waals surface area contributed by atoms with Crippen molar-refractivity contribution < 1.29 is 13.5 Å². The van der Waals surface area contributed by atoms with E-state index in [1.165, 1.54) is 18.2 Å². The molecule has 0 spiro atoms. The lowest BCUT2D eigenvalue weighted by molar-refractivity contribution is 0.407. The van der Waals surface area contributed by atoms with Gasteiger partial charge in [0, 0.05) is 22.6 Å². The maximum Gasteiger partial charge on any atom is 0.167 e. The second kappa shape index (κ2) is 6.12. The summed E-state index contributed by atoms with van der Waals surface area (Å²) in [6, 6.07) is 9.65. The molecule has 2 nitrogen and oxygen atoms in total. The maximum absolute atomic E-state index is 14.0. The van der Waals surface area contributed by atoms with Crippen molar-refractivity contribution in [2.75, 3.05) is 0 Å². The Morgan fingerprint density at radius 2 is 1.95 bits per heavy atom. The van der Waals surface area contributed by atoms with E-state index < -0.39 is 11.6 Å². The highest BCUT2D eigenvalue weighted by atomic mass is 79.9. The van der Waals surface area contributed by atoms with Crippen LogP contribution in [0, 0.1) is 11.6 Å². The van der Waals surface area contributed by atoms with E-state index in [-0.39, 0.29) is 11.5 Å². The van der Waals surface area contributed by atoms with E-state index in [0.29, 0.717) is 22.6 Å². The van der Waals surface area contributed by atoms with Gasteiger partial charge in [-0.05, 0) is 37.1 Å². The lowest BCUT2D eigenvalue weighted by atomic mass is 10.2. The zero-order valence-corrected chi connectivity index (χ0v) is 12.8. The Hall–Kier alpha value is -1.46. The average Bonchev–Trinajstić information content (AvgIpc) is 3.26. The Labute approximate surface area is 130 Å². The van der Waals surface area contributed by atoms with E-state index in [4.69, 9.17) is 4.74 Å². The Balaban J connectivity index is 1.85. The van der Waals surface area contributed by atoms with Gasteiger partial charge in [0.25, 0.3) is 0 Å². The van der Waals surface area contributed by atoms with Crippen LogP contribution in [0.5, 0.6) is 11.5 Å². The van der Waals surface area contributed by atoms with Gasteiger partial charge < -0.3 is 10.1 Å². The molecule has 0 radical (unpaired) electrons. The van der Waals surface area contributed by atoms with Gasteiger partial charge in [-0.15, -0.1) is 0 Å². The fourth-order valence-corrected chi connectivity index (χ4v) is 2.35. The predicted octanol–water partition coefficient (Wildman–Crippen LogP) is 4.77. The molecule has 1 aliphatic rings. The summed E-state index contributed by atoms with van der Waals surface area (Å²) >= 11 is 3.18. The van der Waals surface area contributed by atoms with Crippen molar-refractivity contribution in [3.63, 3.8) is 0 Å². The van der Waals surface area contributed by atoms with Gasteiger partial charge in [-0.25, -0.2) is 8.78 Å². The molecule has 0 aromatic heterocycles. The molecule has 1 fully saturated rings. The van der Waals surface area contributed by atoms with Gasteiger partial charge in [0.1, 0.15) is 0 Å². The van der Waals surface area contributed by atoms with Gasteiger partial charge in [-0.2, -0.15) is 0 Å². The van der Waals surface area contributed by atoms with Crippen LogP contribution in [0.25, 0.3) is 0 Å². The van der Waals surface area contributed by atoms with Crippen molar-refractivity contribution in [2.24, 2.45) is 0 Å². The van der Waals surface area contributed by atoms with Crippen molar-refractivity contribution in [2.45, 2.75) is 25.4 Å². The summed E-state index contributed by atoms with van der Waals surface area (Å²) in [5.41, 5.74) is 0.684. The molecular formula is C16H14BrF2NO. The Kier molecular flexibility index (Phi) is 4.22. The number of hydrogen-bond acceptors (Lipinski definition) is 2. The zero-order valence-electron chi connectivity index (χ0n) is 11.2. The van der Waals surface area contributed by atoms with E-state index >= 15 is 0 Å². The Morgan fingerprint density at radius 1 is 1.14 bits per heavy atom. The lowest BCUT2D eigenvalue weighted by Gasteiger charge is -2.13. The van der Waals surface area contributed by atoms with E-state index in [1.54, 1.807) is 18.2 Å². The molecule has 0 atom stereocenters. The van der Waals surface area contributed by atoms with Crippen LogP contribution in [0.1, 0.15) is 18.4 Å². The number of benzene rings is 2. The van der Waals surface area contributed by atoms with Crippen LogP contribution in [0.4, 0.5) is 8.78 Å². The molecule has 0 amide bonds. The second-order valence-electron chi connectivity index (χ2n) is 5.06. The highest BCUT2D eigenvalue weighted by molar-refractivity contribution is 9.10. The topological polar surface area (TPSA) is 21.3 Å². The fraction of sp³-hybridized carbons (Fsp3) is 0.250. The SMILES string of the molecule is Fc1cc(Br)ccc1Oc1c(F)cccc1CNC1CC1. The van der Waals surface area contributed by atoms with Crippen LogP contribution in [0.3, 0.4) is 0 Å². The van der Waals surface area contributed by atoms with E-state index in [0.717, 1.165) is 12.8 Å². The predicted molar refractivity (Wildman–Crippen MR) is 80.4 cm³/mol. The molecule has 0 aliphatic heterocycles. The minimum atomic E-state index is -0.534. The summed E-state index contributed by atoms with van der Waals surface area (Å²) in [6.45, 7) is 0.510. The monoisotopic (exact) mass is 353 g/mol. The van der Waals surface area contributed by atoms with E-state index in [2.05, 4.69) is 21.2 Å². The van der Waals surface area contributed by atoms with Crippen LogP contribution in [-0.2, 0) is 6.54 Å². The van der Waals surface area contributed by atoms with Crippen molar-refractivity contribution >= 4 is 15.9 Å². The van der Waals surface area contributed by atoms with Crippen LogP contribution in [-0.4, -0.2) is 6.04 Å². The average molecular weight is 354 g/mol. The van der Waals surface area contributed by atoms with Crippen LogP contribution in [0.2, 0.25) is 0 Å². The number of rotatable bonds is 5. The largest absolute Gasteiger partial charge is 0.451 e. The standard InChI is InChI=1S/C16H14BrF2NO/c17-11-4-7-15(14(19)8-11)21-16-10(2-1-3-13(16)18)9-20-12-5-6-12/h1-4,7-8,12,20H,5-6,9H2. The van der Waals surface area contributed by atoms with Gasteiger partial charge in [-0.1, -0.05) is 28.1 Å². The summed E-state index contributed by atoms with van der Waals surface area (Å²) < 4.78 is 33.9. The molecule has 2 aromatic carbocycles. The van der Waals surface area contributed by atoms with Crippen molar-refractivity contribution in [3.05, 3.63) is 58.1 Å². The number of para-hydroxylation sites is 1. The molecule has 1 N–H and O–H groups in total. The summed E-state index contributed by atoms with van der Waals surface area (Å²) in [7, 11) is 0. The minimum Gasteiger partial charge on any atom is -0.451 e. The van der Waals surface area contributed by atoms with Crippen LogP contribution < -0.4 is 10.1 Å². The third kappa shape index (κ3) is 3.60. The first-order valence-electron chi connectivity index (χ1n) is 6.77. The first-order chi connectivity index (χ1) is 10.1. The highest BCUT2D eigenvalue weighted by Gasteiger charge is 2.21. The Morgan fingerprint density at radius 3 is 2.67 bits per heavy atom. The molecule has 0 saturated heterocycles. The van der Waals surface area contributed by atoms with Crippen molar-refractivity contribution in [1.82, 2.24) is 5.32 Å². The lowest BCUT2D eigenvalue weighted by Crippen LogP contribution is -2.16. The fourth-order valence-electron chi connectivity index (χ4n) is 2.02. The third-order valence-corrected chi connectivity index (χ3v) is 3.81. The number of nitrogens with one attached hydrogen (secondary N) is 1. The first kappa shape index (κ1) is 14.5. The molecular weight excluding hydrogens is 340 g/mol. The highest BCUT2D eigenvalue weighted by Crippen LogP contribution is 2.32. The smallest absolute Gasteiger partial charge is 0.167 e. The van der Waals surface area contributed by atoms with Gasteiger partial charge >= 0.3 is 0 Å². The quantitative estimate of drug-likeness (QED) is 0.835. The molecule has 0 heterocycles. The van der Waals surface area contributed by atoms with Gasteiger partial charge in [-0.3, -0.25) is 0 Å². The second-order valence-corrected chi connectivity index (χ2v) is 5.98. The maximum atomic E-state index is 14.0. The zero-order chi connectivity index (χ0) is 14.8. The molecule has 0 unspecified atom stereocenters. The summed E-state index contributed by atoms with van der Waals surface area (Å²) in [5.74, 6) is -0.941. The molecule has 3 rings (SSSR count). The molecule has 1 saturated carbocycles. The number of halogens is 3. The van der Waals surface area contributed by atoms with E-state index in [9.17, 15) is 8.78 Å². The van der Waals surface area contributed by atoms with Gasteiger partial charge in [0.05, 0.1) is 0 Å². The first-order valence-corrected chi connectivity index (χ1v) is 7.56. The number of hydrogen-bond donors (Lipinski definition) is 1. The molecule has 2 aromatic rings. The summed E-state index contributed by atoms with van der Waals surface area (Å²) in [4.78, 5) is 0. The van der Waals surface area contributed by atoms with Crippen LogP contribution in [0.15, 0.2) is 40.9 Å². The van der Waals surface area contributed by atoms with Gasteiger partial charge in [0.2, 0.25) is 0 Å². The molecule has 21 heavy (non-hydrogen) atoms. The minimum absolute atomic E-state index is 0.0102. The molecule has 5 heteroatoms. The normalized spacial score (nSPS) is 14.2. The Bertz CT molecular complexity index is 659. The molecule has 0 bridgehead atoms.